The number of aryl methyl sites for hydroxylation is 2. The highest BCUT2D eigenvalue weighted by Gasteiger charge is 2.30. The number of pyridine rings is 1. The van der Waals surface area contributed by atoms with Gasteiger partial charge in [-0.25, -0.2) is 9.37 Å². The topological polar surface area (TPSA) is 41.4 Å². The molecule has 3 atom stereocenters. The molecule has 0 aliphatic heterocycles. The van der Waals surface area contributed by atoms with E-state index in [0.29, 0.717) is 6.42 Å². The van der Waals surface area contributed by atoms with Crippen molar-refractivity contribution in [1.82, 2.24) is 20.0 Å². The highest BCUT2D eigenvalue weighted by molar-refractivity contribution is 5.47. The summed E-state index contributed by atoms with van der Waals surface area (Å²) in [6.45, 7) is 5.69. The third kappa shape index (κ3) is 4.26. The van der Waals surface area contributed by atoms with Crippen LogP contribution in [0.5, 0.6) is 0 Å². The summed E-state index contributed by atoms with van der Waals surface area (Å²) in [5, 5.41) is 6.97. The Morgan fingerprint density at radius 1 is 1.07 bits per heavy atom. The highest BCUT2D eigenvalue weighted by Crippen LogP contribution is 2.23. The van der Waals surface area contributed by atoms with Crippen molar-refractivity contribution in [2.75, 3.05) is 0 Å². The summed E-state index contributed by atoms with van der Waals surface area (Å²) in [4.78, 5) is 4.41. The lowest BCUT2D eigenvalue weighted by atomic mass is 9.89. The zero-order chi connectivity index (χ0) is 19.5. The van der Waals surface area contributed by atoms with Gasteiger partial charge in [-0.05, 0) is 55.9 Å². The maximum atomic E-state index is 14.8. The van der Waals surface area contributed by atoms with Gasteiger partial charge in [0.25, 0.3) is 0 Å². The number of fused-ring (bicyclic) bond motifs is 1. The Balaban J connectivity index is 1.27. The van der Waals surface area contributed by atoms with Crippen LogP contribution in [-0.2, 0) is 13.1 Å². The van der Waals surface area contributed by atoms with Crippen molar-refractivity contribution < 1.29 is 4.39 Å². The van der Waals surface area contributed by atoms with Gasteiger partial charge in [-0.15, -0.1) is 0 Å². The molecule has 2 heterocycles. The highest BCUT2D eigenvalue weighted by atomic mass is 19.1. The monoisotopic (exact) mass is 380 g/mol. The molecule has 1 aliphatic rings. The zero-order valence-corrected chi connectivity index (χ0v) is 16.7. The van der Waals surface area contributed by atoms with Crippen LogP contribution in [0.2, 0.25) is 0 Å². The second-order valence-corrected chi connectivity index (χ2v) is 8.00. The molecule has 0 saturated heterocycles. The Labute approximate surface area is 166 Å². The number of alkyl halides is 1. The van der Waals surface area contributed by atoms with E-state index >= 15 is 0 Å². The molecule has 0 amide bonds. The summed E-state index contributed by atoms with van der Waals surface area (Å²) < 4.78 is 16.8. The molecule has 0 unspecified atom stereocenters. The average Bonchev–Trinajstić information content (AvgIpc) is 3.17. The molecule has 0 spiro atoms. The fraction of sp³-hybridized carbons (Fsp3) is 0.435. The van der Waals surface area contributed by atoms with Crippen LogP contribution in [0.1, 0.15) is 41.5 Å². The fourth-order valence-corrected chi connectivity index (χ4v) is 4.09. The van der Waals surface area contributed by atoms with E-state index in [1.807, 2.05) is 29.1 Å². The number of benzene rings is 1. The van der Waals surface area contributed by atoms with E-state index in [1.165, 1.54) is 16.7 Å². The summed E-state index contributed by atoms with van der Waals surface area (Å²) in [6, 6.07) is 10.7. The molecule has 148 valence electrons. The Hall–Kier alpha value is -2.24. The molecule has 0 bridgehead atoms. The van der Waals surface area contributed by atoms with Crippen LogP contribution in [0.4, 0.5) is 4.39 Å². The lowest BCUT2D eigenvalue weighted by molar-refractivity contribution is 0.160. The minimum atomic E-state index is -0.819. The minimum Gasteiger partial charge on any atom is -0.310 e. The van der Waals surface area contributed by atoms with Gasteiger partial charge >= 0.3 is 0 Å². The third-order valence-electron chi connectivity index (χ3n) is 5.99. The number of aromatic nitrogens is 2. The van der Waals surface area contributed by atoms with Crippen LogP contribution in [0.25, 0.3) is 5.65 Å². The first-order valence-corrected chi connectivity index (χ1v) is 10.2. The number of hydrogen-bond acceptors (Lipinski definition) is 3. The van der Waals surface area contributed by atoms with Crippen molar-refractivity contribution in [3.63, 3.8) is 0 Å². The molecule has 0 radical (unpaired) electrons. The number of rotatable bonds is 6. The predicted molar refractivity (Wildman–Crippen MR) is 111 cm³/mol. The van der Waals surface area contributed by atoms with E-state index in [9.17, 15) is 4.39 Å². The molecule has 1 saturated carbocycles. The van der Waals surface area contributed by atoms with Crippen LogP contribution in [0.3, 0.4) is 0 Å². The van der Waals surface area contributed by atoms with Gasteiger partial charge in [-0.3, -0.25) is 0 Å². The Bertz CT molecular complexity index is 935. The molecule has 5 heteroatoms. The zero-order valence-electron chi connectivity index (χ0n) is 16.7. The van der Waals surface area contributed by atoms with Gasteiger partial charge in [0.1, 0.15) is 11.8 Å². The van der Waals surface area contributed by atoms with E-state index in [0.717, 1.165) is 37.1 Å². The van der Waals surface area contributed by atoms with E-state index in [1.54, 1.807) is 0 Å². The quantitative estimate of drug-likeness (QED) is 0.677. The Kier molecular flexibility index (Phi) is 5.74. The van der Waals surface area contributed by atoms with E-state index in [2.05, 4.69) is 53.7 Å². The molecule has 2 aromatic heterocycles. The van der Waals surface area contributed by atoms with Crippen LogP contribution >= 0.6 is 0 Å². The minimum absolute atomic E-state index is 0.0598. The summed E-state index contributed by atoms with van der Waals surface area (Å²) >= 11 is 0. The van der Waals surface area contributed by atoms with Crippen LogP contribution in [0.15, 0.2) is 48.9 Å². The summed E-state index contributed by atoms with van der Waals surface area (Å²) in [7, 11) is 0. The van der Waals surface area contributed by atoms with E-state index < -0.39 is 6.17 Å². The van der Waals surface area contributed by atoms with Gasteiger partial charge in [-0.2, -0.15) is 0 Å². The normalized spacial score (nSPS) is 22.6. The molecule has 28 heavy (non-hydrogen) atoms. The number of nitrogens with zero attached hydrogens (tertiary/aromatic N) is 2. The molecule has 4 rings (SSSR count). The van der Waals surface area contributed by atoms with Gasteiger partial charge < -0.3 is 15.0 Å². The average molecular weight is 381 g/mol. The molecule has 1 aromatic carbocycles. The van der Waals surface area contributed by atoms with Crippen LogP contribution in [-0.4, -0.2) is 27.6 Å². The van der Waals surface area contributed by atoms with Gasteiger partial charge in [0, 0.05) is 49.3 Å². The summed E-state index contributed by atoms with van der Waals surface area (Å²) in [5.41, 5.74) is 5.93. The first-order chi connectivity index (χ1) is 13.6. The van der Waals surface area contributed by atoms with Gasteiger partial charge in [0.05, 0.1) is 0 Å². The van der Waals surface area contributed by atoms with Crippen molar-refractivity contribution in [3.8, 4) is 0 Å². The van der Waals surface area contributed by atoms with Crippen molar-refractivity contribution in [2.24, 2.45) is 0 Å². The lowest BCUT2D eigenvalue weighted by Crippen LogP contribution is -2.46. The number of nitrogens with one attached hydrogen (secondary N) is 2. The number of imidazole rings is 1. The summed E-state index contributed by atoms with van der Waals surface area (Å²) in [6.07, 6.45) is 7.34. The second-order valence-electron chi connectivity index (χ2n) is 8.00. The van der Waals surface area contributed by atoms with Gasteiger partial charge in [0.15, 0.2) is 0 Å². The third-order valence-corrected chi connectivity index (χ3v) is 5.99. The molecule has 1 aliphatic carbocycles. The number of halogens is 1. The maximum Gasteiger partial charge on any atom is 0.141 e. The van der Waals surface area contributed by atoms with Gasteiger partial charge in [-0.1, -0.05) is 24.3 Å². The first-order valence-electron chi connectivity index (χ1n) is 10.2. The molecule has 3 aromatic rings. The predicted octanol–water partition coefficient (Wildman–Crippen LogP) is 4.09. The smallest absolute Gasteiger partial charge is 0.141 e. The lowest BCUT2D eigenvalue weighted by Gasteiger charge is -2.33. The summed E-state index contributed by atoms with van der Waals surface area (Å²) in [5.74, 6) is 0. The SMILES string of the molecule is Cc1ccc(CN[C@@H]2CC[C@@H](NCc3cccn4ccnc34)C[C@@H]2F)cc1C. The second kappa shape index (κ2) is 8.41. The number of hydrogen-bond donors (Lipinski definition) is 2. The van der Waals surface area contributed by atoms with Crippen LogP contribution < -0.4 is 10.6 Å². The van der Waals surface area contributed by atoms with Crippen molar-refractivity contribution in [1.29, 1.82) is 0 Å². The molecular formula is C23H29FN4. The standard InChI is InChI=1S/C23H29FN4/c1-16-5-6-18(12-17(16)2)14-27-22-8-7-20(13-21(22)24)26-15-19-4-3-10-28-11-9-25-23(19)28/h3-6,9-12,20-22,26-27H,7-8,13-15H2,1-2H3/t20-,21+,22-/m1/s1. The molecular weight excluding hydrogens is 351 g/mol. The van der Waals surface area contributed by atoms with E-state index in [-0.39, 0.29) is 12.1 Å². The molecule has 2 N–H and O–H groups in total. The van der Waals surface area contributed by atoms with Gasteiger partial charge in [0.2, 0.25) is 0 Å². The molecule has 4 nitrogen and oxygen atoms in total. The fourth-order valence-electron chi connectivity index (χ4n) is 4.09. The van der Waals surface area contributed by atoms with Crippen molar-refractivity contribution in [2.45, 2.75) is 64.5 Å². The first kappa shape index (κ1) is 19.1. The largest absolute Gasteiger partial charge is 0.310 e. The Morgan fingerprint density at radius 3 is 2.79 bits per heavy atom. The van der Waals surface area contributed by atoms with Crippen molar-refractivity contribution >= 4 is 5.65 Å². The molecule has 1 fully saturated rings. The van der Waals surface area contributed by atoms with Crippen molar-refractivity contribution in [3.05, 3.63) is 71.2 Å². The van der Waals surface area contributed by atoms with E-state index in [4.69, 9.17) is 0 Å². The van der Waals surface area contributed by atoms with Crippen LogP contribution in [0, 0.1) is 13.8 Å². The Morgan fingerprint density at radius 2 is 1.96 bits per heavy atom. The maximum absolute atomic E-state index is 14.8.